The highest BCUT2D eigenvalue weighted by atomic mass is 35.5. The number of likely N-dealkylation sites (tertiary alicyclic amines) is 1. The lowest BCUT2D eigenvalue weighted by Crippen LogP contribution is -2.54. The zero-order valence-electron chi connectivity index (χ0n) is 12.6. The Bertz CT molecular complexity index is 632. The second kappa shape index (κ2) is 6.58. The SMILES string of the molecule is O=C1CN(C(=O)C(=O)N2CCC(c3ccc(Cl)cc3)C2)CCN1. The van der Waals surface area contributed by atoms with Crippen molar-refractivity contribution in [1.82, 2.24) is 15.1 Å². The van der Waals surface area contributed by atoms with Crippen LogP contribution >= 0.6 is 11.6 Å². The lowest BCUT2D eigenvalue weighted by atomic mass is 9.99. The Morgan fingerprint density at radius 2 is 1.78 bits per heavy atom. The first kappa shape index (κ1) is 15.8. The molecule has 0 aromatic heterocycles. The maximum atomic E-state index is 12.4. The lowest BCUT2D eigenvalue weighted by Gasteiger charge is -2.27. The number of nitrogens with zero attached hydrogens (tertiary/aromatic N) is 2. The fourth-order valence-corrected chi connectivity index (χ4v) is 3.16. The highest BCUT2D eigenvalue weighted by molar-refractivity contribution is 6.35. The lowest BCUT2D eigenvalue weighted by molar-refractivity contribution is -0.153. The standard InChI is InChI=1S/C16H18ClN3O3/c17-13-3-1-11(2-4-13)12-5-7-19(9-12)15(22)16(23)20-8-6-18-14(21)10-20/h1-4,12H,5-10H2,(H,18,21). The number of nitrogens with one attached hydrogen (secondary N) is 1. The zero-order chi connectivity index (χ0) is 16.4. The van der Waals surface area contributed by atoms with Crippen molar-refractivity contribution < 1.29 is 14.4 Å². The van der Waals surface area contributed by atoms with Gasteiger partial charge in [-0.1, -0.05) is 23.7 Å². The first-order valence-corrected chi connectivity index (χ1v) is 8.03. The van der Waals surface area contributed by atoms with Gasteiger partial charge in [0.15, 0.2) is 0 Å². The maximum absolute atomic E-state index is 12.4. The second-order valence-electron chi connectivity index (χ2n) is 5.86. The Labute approximate surface area is 139 Å². The van der Waals surface area contributed by atoms with E-state index in [9.17, 15) is 14.4 Å². The molecular weight excluding hydrogens is 318 g/mol. The zero-order valence-corrected chi connectivity index (χ0v) is 13.4. The van der Waals surface area contributed by atoms with Gasteiger partial charge in [-0.2, -0.15) is 0 Å². The summed E-state index contributed by atoms with van der Waals surface area (Å²) in [6.07, 6.45) is 0.821. The molecule has 0 saturated carbocycles. The predicted octanol–water partition coefficient (Wildman–Crippen LogP) is 0.614. The topological polar surface area (TPSA) is 69.7 Å². The molecule has 23 heavy (non-hydrogen) atoms. The van der Waals surface area contributed by atoms with Crippen LogP contribution in [0.5, 0.6) is 0 Å². The molecule has 2 heterocycles. The maximum Gasteiger partial charge on any atom is 0.312 e. The molecule has 6 nitrogen and oxygen atoms in total. The molecule has 1 aromatic carbocycles. The third-order valence-corrected chi connectivity index (χ3v) is 4.58. The molecule has 3 rings (SSSR count). The van der Waals surface area contributed by atoms with Crippen LogP contribution in [-0.2, 0) is 14.4 Å². The van der Waals surface area contributed by atoms with E-state index in [4.69, 9.17) is 11.6 Å². The minimum absolute atomic E-state index is 0.0426. The van der Waals surface area contributed by atoms with Crippen molar-refractivity contribution in [3.8, 4) is 0 Å². The molecule has 2 aliphatic rings. The van der Waals surface area contributed by atoms with E-state index in [0.717, 1.165) is 12.0 Å². The number of benzene rings is 1. The minimum Gasteiger partial charge on any atom is -0.353 e. The Kier molecular flexibility index (Phi) is 4.52. The molecule has 0 aliphatic carbocycles. The third kappa shape index (κ3) is 3.47. The summed E-state index contributed by atoms with van der Waals surface area (Å²) in [6.45, 7) is 1.80. The van der Waals surface area contributed by atoms with E-state index in [-0.39, 0.29) is 18.4 Å². The van der Waals surface area contributed by atoms with Gasteiger partial charge < -0.3 is 15.1 Å². The van der Waals surface area contributed by atoms with Crippen molar-refractivity contribution in [1.29, 1.82) is 0 Å². The van der Waals surface area contributed by atoms with Crippen LogP contribution in [0.25, 0.3) is 0 Å². The molecule has 1 aromatic rings. The van der Waals surface area contributed by atoms with Gasteiger partial charge in [-0.15, -0.1) is 0 Å². The smallest absolute Gasteiger partial charge is 0.312 e. The van der Waals surface area contributed by atoms with Crippen LogP contribution in [0.2, 0.25) is 5.02 Å². The van der Waals surface area contributed by atoms with Crippen molar-refractivity contribution in [2.75, 3.05) is 32.7 Å². The minimum atomic E-state index is -0.586. The quantitative estimate of drug-likeness (QED) is 0.765. The van der Waals surface area contributed by atoms with E-state index in [0.29, 0.717) is 31.2 Å². The van der Waals surface area contributed by atoms with Crippen LogP contribution < -0.4 is 5.32 Å². The van der Waals surface area contributed by atoms with Gasteiger partial charge in [-0.25, -0.2) is 0 Å². The molecule has 0 bridgehead atoms. The van der Waals surface area contributed by atoms with Gasteiger partial charge in [0.1, 0.15) is 6.54 Å². The Balaban J connectivity index is 1.61. The second-order valence-corrected chi connectivity index (χ2v) is 6.30. The molecule has 1 unspecified atom stereocenters. The van der Waals surface area contributed by atoms with E-state index >= 15 is 0 Å². The normalized spacial score (nSPS) is 21.3. The number of hydrogen-bond acceptors (Lipinski definition) is 3. The number of piperazine rings is 1. The number of amides is 3. The molecule has 122 valence electrons. The van der Waals surface area contributed by atoms with Gasteiger partial charge in [-0.05, 0) is 24.1 Å². The van der Waals surface area contributed by atoms with Gasteiger partial charge in [0.05, 0.1) is 0 Å². The summed E-state index contributed by atoms with van der Waals surface area (Å²) in [5.74, 6) is -1.11. The summed E-state index contributed by atoms with van der Waals surface area (Å²) in [4.78, 5) is 38.9. The van der Waals surface area contributed by atoms with Crippen LogP contribution in [-0.4, -0.2) is 60.2 Å². The Morgan fingerprint density at radius 1 is 1.09 bits per heavy atom. The average Bonchev–Trinajstić information content (AvgIpc) is 3.04. The highest BCUT2D eigenvalue weighted by Gasteiger charge is 2.34. The molecule has 1 N–H and O–H groups in total. The first-order valence-electron chi connectivity index (χ1n) is 7.65. The molecule has 0 radical (unpaired) electrons. The fourth-order valence-electron chi connectivity index (χ4n) is 3.03. The summed E-state index contributed by atoms with van der Waals surface area (Å²) in [6, 6.07) is 7.58. The van der Waals surface area contributed by atoms with E-state index in [1.54, 1.807) is 4.90 Å². The van der Waals surface area contributed by atoms with Gasteiger partial charge in [-0.3, -0.25) is 14.4 Å². The summed E-state index contributed by atoms with van der Waals surface area (Å²) >= 11 is 5.89. The third-order valence-electron chi connectivity index (χ3n) is 4.33. The van der Waals surface area contributed by atoms with Gasteiger partial charge in [0.2, 0.25) is 5.91 Å². The summed E-state index contributed by atoms with van der Waals surface area (Å²) < 4.78 is 0. The van der Waals surface area contributed by atoms with Crippen molar-refractivity contribution >= 4 is 29.3 Å². The van der Waals surface area contributed by atoms with Crippen molar-refractivity contribution in [2.45, 2.75) is 12.3 Å². The highest BCUT2D eigenvalue weighted by Crippen LogP contribution is 2.28. The van der Waals surface area contributed by atoms with E-state index in [2.05, 4.69) is 5.32 Å². The molecular formula is C16H18ClN3O3. The molecule has 3 amide bonds. The number of carbonyl (C=O) groups excluding carboxylic acids is 3. The van der Waals surface area contributed by atoms with E-state index in [1.165, 1.54) is 4.90 Å². The van der Waals surface area contributed by atoms with Gasteiger partial charge in [0.25, 0.3) is 0 Å². The van der Waals surface area contributed by atoms with E-state index < -0.39 is 11.8 Å². The largest absolute Gasteiger partial charge is 0.353 e. The summed E-state index contributed by atoms with van der Waals surface area (Å²) in [5.41, 5.74) is 1.12. The van der Waals surface area contributed by atoms with Gasteiger partial charge in [0, 0.05) is 37.1 Å². The molecule has 7 heteroatoms. The molecule has 2 aliphatic heterocycles. The van der Waals surface area contributed by atoms with Crippen LogP contribution in [0, 0.1) is 0 Å². The summed E-state index contributed by atoms with van der Waals surface area (Å²) in [5, 5.41) is 3.32. The fraction of sp³-hybridized carbons (Fsp3) is 0.438. The van der Waals surface area contributed by atoms with Crippen molar-refractivity contribution in [3.63, 3.8) is 0 Å². The van der Waals surface area contributed by atoms with Crippen molar-refractivity contribution in [3.05, 3.63) is 34.9 Å². The summed E-state index contributed by atoms with van der Waals surface area (Å²) in [7, 11) is 0. The monoisotopic (exact) mass is 335 g/mol. The van der Waals surface area contributed by atoms with Crippen LogP contribution in [0.3, 0.4) is 0 Å². The number of halogens is 1. The molecule has 0 spiro atoms. The van der Waals surface area contributed by atoms with Gasteiger partial charge >= 0.3 is 11.8 Å². The van der Waals surface area contributed by atoms with Crippen LogP contribution in [0.1, 0.15) is 17.9 Å². The Morgan fingerprint density at radius 3 is 2.48 bits per heavy atom. The average molecular weight is 336 g/mol. The van der Waals surface area contributed by atoms with E-state index in [1.807, 2.05) is 24.3 Å². The molecule has 2 saturated heterocycles. The van der Waals surface area contributed by atoms with Crippen molar-refractivity contribution in [2.24, 2.45) is 0 Å². The molecule has 1 atom stereocenters. The predicted molar refractivity (Wildman–Crippen MR) is 85.0 cm³/mol. The number of carbonyl (C=O) groups is 3. The Hall–Kier alpha value is -2.08. The van der Waals surface area contributed by atoms with Crippen LogP contribution in [0.4, 0.5) is 0 Å². The number of hydrogen-bond donors (Lipinski definition) is 1. The van der Waals surface area contributed by atoms with Crippen LogP contribution in [0.15, 0.2) is 24.3 Å². The molecule has 2 fully saturated rings. The number of rotatable bonds is 1. The first-order chi connectivity index (χ1) is 11.0.